The minimum absolute atomic E-state index is 0.132. The predicted molar refractivity (Wildman–Crippen MR) is 144 cm³/mol. The number of carbonyl (C=O) groups excluding carboxylic acids is 1. The largest absolute Gasteiger partial charge is 0.478 e. The second-order valence-corrected chi connectivity index (χ2v) is 9.56. The van der Waals surface area contributed by atoms with E-state index in [0.29, 0.717) is 45.1 Å². The molecule has 2 aromatic carbocycles. The number of esters is 1. The molecule has 0 bridgehead atoms. The Kier molecular flexibility index (Phi) is 13.4. The molecule has 0 spiro atoms. The zero-order valence-corrected chi connectivity index (χ0v) is 22.5. The molecule has 40 heavy (non-hydrogen) atoms. The van der Waals surface area contributed by atoms with Crippen molar-refractivity contribution < 1.29 is 41.7 Å². The molecule has 5 nitrogen and oxygen atoms in total. The van der Waals surface area contributed by atoms with Crippen molar-refractivity contribution in [1.82, 2.24) is 0 Å². The number of hydrogen-bond acceptors (Lipinski definition) is 4. The summed E-state index contributed by atoms with van der Waals surface area (Å²) in [6.45, 7) is 7.12. The number of aliphatic carboxylic acids is 1. The van der Waals surface area contributed by atoms with Gasteiger partial charge in [0.1, 0.15) is 22.9 Å². The fourth-order valence-electron chi connectivity index (χ4n) is 4.12. The number of unbranched alkanes of at least 4 members (excludes halogenated alkanes) is 6. The number of carboxylic acid groups (broad SMARTS) is 1. The van der Waals surface area contributed by atoms with E-state index < -0.39 is 35.2 Å². The Hall–Kier alpha value is -3.62. The summed E-state index contributed by atoms with van der Waals surface area (Å²) in [5, 5.41) is 8.79. The van der Waals surface area contributed by atoms with Crippen LogP contribution in [0, 0.1) is 11.6 Å². The molecular formula is C31H36F4O5. The molecule has 0 aliphatic carbocycles. The van der Waals surface area contributed by atoms with E-state index in [4.69, 9.17) is 14.6 Å². The van der Waals surface area contributed by atoms with Gasteiger partial charge in [0, 0.05) is 11.6 Å². The van der Waals surface area contributed by atoms with Crippen LogP contribution in [0.25, 0.3) is 0 Å². The van der Waals surface area contributed by atoms with Crippen molar-refractivity contribution in [3.05, 3.63) is 89.5 Å². The van der Waals surface area contributed by atoms with E-state index >= 15 is 0 Å². The van der Waals surface area contributed by atoms with Crippen LogP contribution in [0.15, 0.2) is 61.2 Å². The molecule has 0 saturated carbocycles. The summed E-state index contributed by atoms with van der Waals surface area (Å²) in [4.78, 5) is 21.7. The molecule has 0 unspecified atom stereocenters. The highest BCUT2D eigenvalue weighted by atomic mass is 19.3. The van der Waals surface area contributed by atoms with Crippen molar-refractivity contribution in [2.24, 2.45) is 0 Å². The minimum Gasteiger partial charge on any atom is -0.478 e. The van der Waals surface area contributed by atoms with Gasteiger partial charge in [-0.05, 0) is 80.3 Å². The molecule has 0 fully saturated rings. The van der Waals surface area contributed by atoms with Gasteiger partial charge in [0.05, 0.1) is 6.61 Å². The molecule has 0 amide bonds. The van der Waals surface area contributed by atoms with Crippen LogP contribution in [0.5, 0.6) is 5.75 Å². The van der Waals surface area contributed by atoms with Crippen LogP contribution in [-0.4, -0.2) is 23.7 Å². The maximum Gasteiger partial charge on any atom is 0.432 e. The molecule has 0 aromatic heterocycles. The van der Waals surface area contributed by atoms with Gasteiger partial charge in [-0.15, -0.1) is 0 Å². The Labute approximate surface area is 232 Å². The molecule has 218 valence electrons. The van der Waals surface area contributed by atoms with Crippen molar-refractivity contribution in [3.8, 4) is 5.75 Å². The van der Waals surface area contributed by atoms with Gasteiger partial charge >= 0.3 is 18.0 Å². The van der Waals surface area contributed by atoms with E-state index in [2.05, 4.69) is 13.2 Å². The van der Waals surface area contributed by atoms with Crippen molar-refractivity contribution in [3.63, 3.8) is 0 Å². The third kappa shape index (κ3) is 11.2. The first-order valence-electron chi connectivity index (χ1n) is 13.4. The monoisotopic (exact) mass is 564 g/mol. The van der Waals surface area contributed by atoms with Gasteiger partial charge in [-0.2, -0.15) is 8.78 Å². The molecule has 2 aromatic rings. The quantitative estimate of drug-likeness (QED) is 0.0809. The maximum absolute atomic E-state index is 14.7. The van der Waals surface area contributed by atoms with Gasteiger partial charge in [0.2, 0.25) is 0 Å². The number of rotatable bonds is 19. The Morgan fingerprint density at radius 1 is 0.850 bits per heavy atom. The van der Waals surface area contributed by atoms with Crippen LogP contribution < -0.4 is 4.74 Å². The third-order valence-electron chi connectivity index (χ3n) is 6.33. The maximum atomic E-state index is 14.7. The number of carboxylic acids is 1. The molecule has 0 radical (unpaired) electrons. The Morgan fingerprint density at radius 3 is 1.98 bits per heavy atom. The van der Waals surface area contributed by atoms with E-state index in [1.54, 1.807) is 12.1 Å². The number of benzene rings is 2. The Morgan fingerprint density at radius 2 is 1.40 bits per heavy atom. The molecule has 0 atom stereocenters. The van der Waals surface area contributed by atoms with Gasteiger partial charge < -0.3 is 14.6 Å². The molecule has 9 heteroatoms. The number of halogens is 4. The summed E-state index contributed by atoms with van der Waals surface area (Å²) in [5.41, 5.74) is -0.145. The third-order valence-corrected chi connectivity index (χ3v) is 6.33. The summed E-state index contributed by atoms with van der Waals surface area (Å²) < 4.78 is 68.3. The molecule has 0 heterocycles. The van der Waals surface area contributed by atoms with Crippen LogP contribution in [0.3, 0.4) is 0 Å². The van der Waals surface area contributed by atoms with Crippen molar-refractivity contribution in [2.45, 2.75) is 76.7 Å². The lowest BCUT2D eigenvalue weighted by Crippen LogP contribution is -2.25. The first kappa shape index (κ1) is 32.6. The van der Waals surface area contributed by atoms with E-state index in [0.717, 1.165) is 55.9 Å². The van der Waals surface area contributed by atoms with Gasteiger partial charge in [-0.1, -0.05) is 51.0 Å². The molecule has 0 saturated heterocycles. The molecular weight excluding hydrogens is 528 g/mol. The van der Waals surface area contributed by atoms with Gasteiger partial charge in [0.15, 0.2) is 0 Å². The molecule has 2 rings (SSSR count). The number of hydrogen-bond donors (Lipinski definition) is 1. The standard InChI is InChI=1S/C31H36F4O5/c1-3-28(36)39-19-11-7-6-9-13-23-15-17-25(18-16-23)40-31(34,35)29-26(32)20-24(21-27(29)33)14-10-5-4-8-12-22(2)30(37)38/h3,15-18,20-21H,1-2,4-14,19H2,(H,37,38). The van der Waals surface area contributed by atoms with E-state index in [1.165, 1.54) is 12.1 Å². The predicted octanol–water partition coefficient (Wildman–Crippen LogP) is 8.06. The van der Waals surface area contributed by atoms with Crippen LogP contribution >= 0.6 is 0 Å². The summed E-state index contributed by atoms with van der Waals surface area (Å²) in [6, 6.07) is 7.74. The van der Waals surface area contributed by atoms with E-state index in [1.807, 2.05) is 0 Å². The fraction of sp³-hybridized carbons (Fsp3) is 0.419. The average Bonchev–Trinajstić information content (AvgIpc) is 2.89. The lowest BCUT2D eigenvalue weighted by Gasteiger charge is -2.20. The van der Waals surface area contributed by atoms with E-state index in [-0.39, 0.29) is 16.9 Å². The Bertz CT molecular complexity index is 1120. The topological polar surface area (TPSA) is 72.8 Å². The SMILES string of the molecule is C=CC(=O)OCCCCCCc1ccc(OC(F)(F)c2c(F)cc(CCCCCCC(=C)C(=O)O)cc2F)cc1. The smallest absolute Gasteiger partial charge is 0.432 e. The first-order valence-corrected chi connectivity index (χ1v) is 13.4. The lowest BCUT2D eigenvalue weighted by atomic mass is 10.0. The first-order chi connectivity index (χ1) is 19.0. The van der Waals surface area contributed by atoms with Gasteiger partial charge in [0.25, 0.3) is 0 Å². The van der Waals surface area contributed by atoms with Crippen LogP contribution in [0.2, 0.25) is 0 Å². The lowest BCUT2D eigenvalue weighted by molar-refractivity contribution is -0.189. The van der Waals surface area contributed by atoms with Gasteiger partial charge in [-0.3, -0.25) is 0 Å². The van der Waals surface area contributed by atoms with Crippen molar-refractivity contribution >= 4 is 11.9 Å². The van der Waals surface area contributed by atoms with Crippen molar-refractivity contribution in [1.29, 1.82) is 0 Å². The number of carbonyl (C=O) groups is 2. The van der Waals surface area contributed by atoms with E-state index in [9.17, 15) is 27.2 Å². The zero-order chi connectivity index (χ0) is 29.5. The molecule has 1 N–H and O–H groups in total. The summed E-state index contributed by atoms with van der Waals surface area (Å²) in [6.07, 6.45) is 4.27. The summed E-state index contributed by atoms with van der Waals surface area (Å²) in [7, 11) is 0. The van der Waals surface area contributed by atoms with Crippen LogP contribution in [0.4, 0.5) is 17.6 Å². The second kappa shape index (κ2) is 16.5. The second-order valence-electron chi connectivity index (χ2n) is 9.56. The minimum atomic E-state index is -4.21. The fourth-order valence-corrected chi connectivity index (χ4v) is 4.12. The summed E-state index contributed by atoms with van der Waals surface area (Å²) in [5.74, 6) is -4.46. The highest BCUT2D eigenvalue weighted by molar-refractivity contribution is 5.85. The van der Waals surface area contributed by atoms with Crippen LogP contribution in [-0.2, 0) is 33.3 Å². The Balaban J connectivity index is 1.82. The highest BCUT2D eigenvalue weighted by Crippen LogP contribution is 2.35. The highest BCUT2D eigenvalue weighted by Gasteiger charge is 2.41. The molecule has 0 aliphatic heterocycles. The summed E-state index contributed by atoms with van der Waals surface area (Å²) >= 11 is 0. The molecule has 0 aliphatic rings. The number of ether oxygens (including phenoxy) is 2. The average molecular weight is 565 g/mol. The van der Waals surface area contributed by atoms with Gasteiger partial charge in [-0.25, -0.2) is 18.4 Å². The normalized spacial score (nSPS) is 11.2. The number of alkyl halides is 2. The zero-order valence-electron chi connectivity index (χ0n) is 22.5. The number of aryl methyl sites for hydroxylation is 2. The van der Waals surface area contributed by atoms with Crippen LogP contribution in [0.1, 0.15) is 74.5 Å². The van der Waals surface area contributed by atoms with Crippen molar-refractivity contribution in [2.75, 3.05) is 6.61 Å².